The van der Waals surface area contributed by atoms with Gasteiger partial charge in [0.1, 0.15) is 17.5 Å². The molecular weight excluding hydrogens is 484 g/mol. The number of hydrogen-bond donors (Lipinski definition) is 2. The van der Waals surface area contributed by atoms with Crippen LogP contribution in [-0.2, 0) is 11.3 Å². The highest BCUT2D eigenvalue weighted by atomic mass is 79.9. The Morgan fingerprint density at radius 1 is 1.09 bits per heavy atom. The number of fused-ring (bicyclic) bond motifs is 1. The van der Waals surface area contributed by atoms with Crippen molar-refractivity contribution in [2.45, 2.75) is 6.54 Å². The van der Waals surface area contributed by atoms with Crippen LogP contribution in [0.3, 0.4) is 0 Å². The molecule has 7 nitrogen and oxygen atoms in total. The van der Waals surface area contributed by atoms with Crippen molar-refractivity contribution < 1.29 is 18.3 Å². The highest BCUT2D eigenvalue weighted by Crippen LogP contribution is 2.41. The first kappa shape index (κ1) is 20.8. The molecule has 1 fully saturated rings. The molecule has 3 aromatic rings. The molecule has 0 aliphatic carbocycles. The summed E-state index contributed by atoms with van der Waals surface area (Å²) in [6, 6.07) is 7.34. The van der Waals surface area contributed by atoms with Crippen LogP contribution in [0.25, 0.3) is 11.3 Å². The van der Waals surface area contributed by atoms with Crippen molar-refractivity contribution in [3.8, 4) is 11.3 Å². The van der Waals surface area contributed by atoms with Crippen LogP contribution in [0.5, 0.6) is 0 Å². The van der Waals surface area contributed by atoms with Crippen molar-refractivity contribution in [2.24, 2.45) is 0 Å². The van der Waals surface area contributed by atoms with Gasteiger partial charge in [0, 0.05) is 13.1 Å². The lowest BCUT2D eigenvalue weighted by Crippen LogP contribution is -2.36. The molecule has 2 aliphatic heterocycles. The van der Waals surface area contributed by atoms with Crippen LogP contribution in [0.1, 0.15) is 16.1 Å². The molecule has 2 aliphatic rings. The minimum absolute atomic E-state index is 0.0725. The minimum atomic E-state index is -0.741. The third-order valence-corrected chi connectivity index (χ3v) is 6.20. The lowest BCUT2D eigenvalue weighted by molar-refractivity contribution is 0.0966. The van der Waals surface area contributed by atoms with E-state index in [0.29, 0.717) is 36.0 Å². The summed E-state index contributed by atoms with van der Waals surface area (Å²) < 4.78 is 34.6. The van der Waals surface area contributed by atoms with Gasteiger partial charge >= 0.3 is 0 Å². The van der Waals surface area contributed by atoms with Crippen LogP contribution in [-0.4, -0.2) is 42.2 Å². The topological polar surface area (TPSA) is 79.4 Å². The number of hydrogen-bond acceptors (Lipinski definition) is 6. The third-order valence-electron chi connectivity index (χ3n) is 5.43. The van der Waals surface area contributed by atoms with Crippen molar-refractivity contribution in [3.05, 3.63) is 63.9 Å². The number of halogens is 3. The molecule has 0 radical (unpaired) electrons. The van der Waals surface area contributed by atoms with Crippen LogP contribution in [0.15, 0.2) is 41.0 Å². The standard InChI is InChI=1S/C22H18BrF2N5O2/c23-19-20(17-13(24)2-1-3-14(17)25)28-15-11-27-22(31)18(15)21(19)29-16-5-4-12(10-26-16)30-6-8-32-9-7-30/h1-5,10H,6-9,11H2,(H,27,31)(H,26,28,29). The second kappa shape index (κ2) is 8.44. The van der Waals surface area contributed by atoms with E-state index in [4.69, 9.17) is 4.74 Å². The molecule has 1 saturated heterocycles. The van der Waals surface area contributed by atoms with E-state index >= 15 is 0 Å². The molecule has 0 atom stereocenters. The Hall–Kier alpha value is -3.11. The Balaban J connectivity index is 1.55. The maximum absolute atomic E-state index is 14.5. The number of nitrogens with zero attached hydrogens (tertiary/aromatic N) is 3. The van der Waals surface area contributed by atoms with Gasteiger partial charge in [-0.25, -0.2) is 18.7 Å². The monoisotopic (exact) mass is 501 g/mol. The first-order valence-electron chi connectivity index (χ1n) is 10.0. The summed E-state index contributed by atoms with van der Waals surface area (Å²) in [5, 5.41) is 5.85. The quantitative estimate of drug-likeness (QED) is 0.562. The highest BCUT2D eigenvalue weighted by Gasteiger charge is 2.30. The van der Waals surface area contributed by atoms with Crippen LogP contribution in [0, 0.1) is 11.6 Å². The van der Waals surface area contributed by atoms with Crippen molar-refractivity contribution in [3.63, 3.8) is 0 Å². The average Bonchev–Trinajstić information content (AvgIpc) is 3.17. The predicted octanol–water partition coefficient (Wildman–Crippen LogP) is 4.01. The van der Waals surface area contributed by atoms with Gasteiger partial charge in [-0.05, 0) is 40.2 Å². The second-order valence-electron chi connectivity index (χ2n) is 7.38. The van der Waals surface area contributed by atoms with Gasteiger partial charge in [0.15, 0.2) is 0 Å². The van der Waals surface area contributed by atoms with Crippen LogP contribution in [0.4, 0.5) is 26.0 Å². The molecule has 32 heavy (non-hydrogen) atoms. The van der Waals surface area contributed by atoms with Gasteiger partial charge in [0.2, 0.25) is 0 Å². The molecule has 164 valence electrons. The number of ether oxygens (including phenoxy) is 1. The molecule has 0 unspecified atom stereocenters. The Morgan fingerprint density at radius 2 is 1.84 bits per heavy atom. The largest absolute Gasteiger partial charge is 0.378 e. The van der Waals surface area contributed by atoms with Crippen molar-refractivity contribution >= 4 is 39.0 Å². The number of pyridine rings is 2. The van der Waals surface area contributed by atoms with Gasteiger partial charge in [-0.1, -0.05) is 6.07 Å². The number of morpholine rings is 1. The van der Waals surface area contributed by atoms with Gasteiger partial charge in [0.05, 0.1) is 64.3 Å². The summed E-state index contributed by atoms with van der Waals surface area (Å²) in [6.45, 7) is 3.08. The molecule has 1 aromatic carbocycles. The van der Waals surface area contributed by atoms with E-state index in [9.17, 15) is 13.6 Å². The zero-order chi connectivity index (χ0) is 22.2. The summed E-state index contributed by atoms with van der Waals surface area (Å²) in [5.74, 6) is -1.32. The SMILES string of the molecule is O=C1NCc2nc(-c3c(F)cccc3F)c(Br)c(Nc3ccc(N4CCOCC4)cn3)c21. The summed E-state index contributed by atoms with van der Waals surface area (Å²) >= 11 is 3.41. The van der Waals surface area contributed by atoms with E-state index in [-0.39, 0.29) is 28.2 Å². The molecule has 0 saturated carbocycles. The highest BCUT2D eigenvalue weighted by molar-refractivity contribution is 9.10. The van der Waals surface area contributed by atoms with Crippen molar-refractivity contribution in [2.75, 3.05) is 36.5 Å². The van der Waals surface area contributed by atoms with E-state index in [2.05, 4.69) is 41.4 Å². The lowest BCUT2D eigenvalue weighted by Gasteiger charge is -2.28. The number of aromatic nitrogens is 2. The number of amides is 1. The van der Waals surface area contributed by atoms with Gasteiger partial charge in [0.25, 0.3) is 5.91 Å². The fraction of sp³-hybridized carbons (Fsp3) is 0.227. The number of anilines is 3. The molecule has 2 N–H and O–H groups in total. The molecule has 5 rings (SSSR count). The number of benzene rings is 1. The molecule has 1 amide bonds. The van der Waals surface area contributed by atoms with E-state index in [1.54, 1.807) is 12.3 Å². The lowest BCUT2D eigenvalue weighted by atomic mass is 10.1. The van der Waals surface area contributed by atoms with Crippen LogP contribution < -0.4 is 15.5 Å². The Bertz CT molecular complexity index is 1180. The first-order chi connectivity index (χ1) is 15.5. The van der Waals surface area contributed by atoms with Crippen LogP contribution >= 0.6 is 15.9 Å². The molecule has 2 aromatic heterocycles. The third kappa shape index (κ3) is 3.69. The summed E-state index contributed by atoms with van der Waals surface area (Å²) in [4.78, 5) is 23.5. The van der Waals surface area contributed by atoms with Crippen molar-refractivity contribution in [1.29, 1.82) is 0 Å². The summed E-state index contributed by atoms with van der Waals surface area (Å²) in [5.41, 5.74) is 1.85. The fourth-order valence-electron chi connectivity index (χ4n) is 3.84. The normalized spacial score (nSPS) is 15.5. The van der Waals surface area contributed by atoms with E-state index in [0.717, 1.165) is 18.8 Å². The molecule has 0 spiro atoms. The van der Waals surface area contributed by atoms with Gasteiger partial charge in [-0.3, -0.25) is 4.79 Å². The molecule has 0 bridgehead atoms. The van der Waals surface area contributed by atoms with Crippen LogP contribution in [0.2, 0.25) is 0 Å². The average molecular weight is 502 g/mol. The van der Waals surface area contributed by atoms with E-state index in [1.165, 1.54) is 18.2 Å². The minimum Gasteiger partial charge on any atom is -0.378 e. The first-order valence-corrected chi connectivity index (χ1v) is 10.8. The maximum Gasteiger partial charge on any atom is 0.255 e. The molecular formula is C22H18BrF2N5O2. The van der Waals surface area contributed by atoms with Crippen molar-refractivity contribution in [1.82, 2.24) is 15.3 Å². The predicted molar refractivity (Wildman–Crippen MR) is 119 cm³/mol. The van der Waals surface area contributed by atoms with Gasteiger partial charge in [-0.15, -0.1) is 0 Å². The molecule has 4 heterocycles. The molecule has 10 heteroatoms. The number of carbonyl (C=O) groups excluding carboxylic acids is 1. The Labute approximate surface area is 190 Å². The summed E-state index contributed by atoms with van der Waals surface area (Å²) in [6.07, 6.45) is 1.74. The Morgan fingerprint density at radius 3 is 2.53 bits per heavy atom. The smallest absolute Gasteiger partial charge is 0.255 e. The number of carbonyl (C=O) groups is 1. The maximum atomic E-state index is 14.5. The zero-order valence-electron chi connectivity index (χ0n) is 16.8. The van der Waals surface area contributed by atoms with E-state index in [1.807, 2.05) is 6.07 Å². The Kier molecular flexibility index (Phi) is 5.48. The van der Waals surface area contributed by atoms with E-state index < -0.39 is 11.6 Å². The van der Waals surface area contributed by atoms with Gasteiger partial charge in [-0.2, -0.15) is 0 Å². The second-order valence-corrected chi connectivity index (χ2v) is 8.17. The van der Waals surface area contributed by atoms with Gasteiger partial charge < -0.3 is 20.3 Å². The summed E-state index contributed by atoms with van der Waals surface area (Å²) in [7, 11) is 0. The number of rotatable bonds is 4. The fourth-order valence-corrected chi connectivity index (χ4v) is 4.43. The zero-order valence-corrected chi connectivity index (χ0v) is 18.4. The number of nitrogens with one attached hydrogen (secondary N) is 2.